The third-order valence-corrected chi connectivity index (χ3v) is 3.65. The highest BCUT2D eigenvalue weighted by Gasteiger charge is 2.28. The van der Waals surface area contributed by atoms with Gasteiger partial charge < -0.3 is 15.3 Å². The van der Waals surface area contributed by atoms with Crippen molar-refractivity contribution >= 4 is 23.5 Å². The molecule has 6 nitrogen and oxygen atoms in total. The molecule has 0 aliphatic carbocycles. The lowest BCUT2D eigenvalue weighted by Crippen LogP contribution is -2.40. The van der Waals surface area contributed by atoms with E-state index < -0.39 is 23.6 Å². The molecule has 1 aromatic carbocycles. The van der Waals surface area contributed by atoms with Crippen molar-refractivity contribution in [1.29, 1.82) is 0 Å². The Hall–Kier alpha value is -2.44. The van der Waals surface area contributed by atoms with Crippen molar-refractivity contribution < 1.29 is 23.9 Å². The Morgan fingerprint density at radius 3 is 2.45 bits per heavy atom. The third-order valence-electron chi connectivity index (χ3n) is 3.65. The minimum atomic E-state index is -0.870. The Morgan fingerprint density at radius 1 is 1.27 bits per heavy atom. The predicted octanol–water partition coefficient (Wildman–Crippen LogP) is 1.72. The summed E-state index contributed by atoms with van der Waals surface area (Å²) in [5, 5.41) is 11.4. The van der Waals surface area contributed by atoms with Crippen LogP contribution in [0.5, 0.6) is 0 Å². The van der Waals surface area contributed by atoms with Crippen molar-refractivity contribution in [3.8, 4) is 0 Å². The second-order valence-corrected chi connectivity index (χ2v) is 5.28. The number of carbonyl (C=O) groups is 3. The number of carboxylic acid groups (broad SMARTS) is 1. The van der Waals surface area contributed by atoms with E-state index in [2.05, 4.69) is 5.32 Å². The van der Waals surface area contributed by atoms with Gasteiger partial charge in [-0.2, -0.15) is 0 Å². The lowest BCUT2D eigenvalue weighted by atomic mass is 9.96. The largest absolute Gasteiger partial charge is 0.481 e. The molecule has 118 valence electrons. The molecule has 0 spiro atoms. The molecule has 22 heavy (non-hydrogen) atoms. The number of nitrogens with zero attached hydrogens (tertiary/aromatic N) is 1. The number of hydrogen-bond acceptors (Lipinski definition) is 3. The Bertz CT molecular complexity index is 610. The van der Waals surface area contributed by atoms with Gasteiger partial charge in [0.2, 0.25) is 5.91 Å². The van der Waals surface area contributed by atoms with Crippen LogP contribution in [0.1, 0.15) is 30.1 Å². The molecule has 0 saturated carbocycles. The van der Waals surface area contributed by atoms with Crippen molar-refractivity contribution in [3.05, 3.63) is 29.6 Å². The molecule has 0 radical (unpaired) electrons. The number of hydrogen-bond donors (Lipinski definition) is 2. The first-order chi connectivity index (χ1) is 10.4. The minimum Gasteiger partial charge on any atom is -0.481 e. The zero-order valence-corrected chi connectivity index (χ0v) is 12.1. The lowest BCUT2D eigenvalue weighted by molar-refractivity contribution is -0.143. The van der Waals surface area contributed by atoms with Crippen LogP contribution in [0.25, 0.3) is 0 Å². The maximum Gasteiger partial charge on any atom is 0.306 e. The summed E-state index contributed by atoms with van der Waals surface area (Å²) in [6, 6.07) is 3.80. The summed E-state index contributed by atoms with van der Waals surface area (Å²) in [5.41, 5.74) is 0.220. The van der Waals surface area contributed by atoms with Gasteiger partial charge in [0.15, 0.2) is 0 Å². The van der Waals surface area contributed by atoms with Gasteiger partial charge in [0, 0.05) is 25.7 Å². The smallest absolute Gasteiger partial charge is 0.306 e. The first-order valence-electron chi connectivity index (χ1n) is 6.97. The molecule has 1 aliphatic heterocycles. The second-order valence-electron chi connectivity index (χ2n) is 5.28. The quantitative estimate of drug-likeness (QED) is 0.890. The number of anilines is 1. The van der Waals surface area contributed by atoms with Crippen LogP contribution in [0, 0.1) is 11.7 Å². The van der Waals surface area contributed by atoms with E-state index in [-0.39, 0.29) is 24.6 Å². The van der Waals surface area contributed by atoms with Gasteiger partial charge in [0.05, 0.1) is 11.5 Å². The fourth-order valence-corrected chi connectivity index (χ4v) is 2.47. The highest BCUT2D eigenvalue weighted by atomic mass is 19.1. The van der Waals surface area contributed by atoms with E-state index in [9.17, 15) is 18.8 Å². The summed E-state index contributed by atoms with van der Waals surface area (Å²) in [6.45, 7) is 1.88. The summed E-state index contributed by atoms with van der Waals surface area (Å²) in [4.78, 5) is 35.7. The molecule has 2 N–H and O–H groups in total. The first kappa shape index (κ1) is 15.9. The molecule has 0 atom stereocenters. The number of rotatable bonds is 3. The van der Waals surface area contributed by atoms with Gasteiger partial charge in [-0.3, -0.25) is 14.4 Å². The number of amides is 2. The molecule has 1 heterocycles. The highest BCUT2D eigenvalue weighted by molar-refractivity contribution is 5.97. The van der Waals surface area contributed by atoms with E-state index in [1.807, 2.05) is 0 Å². The minimum absolute atomic E-state index is 0.125. The summed E-state index contributed by atoms with van der Waals surface area (Å²) in [7, 11) is 0. The fourth-order valence-electron chi connectivity index (χ4n) is 2.47. The first-order valence-corrected chi connectivity index (χ1v) is 6.97. The van der Waals surface area contributed by atoms with E-state index in [0.717, 1.165) is 6.07 Å². The van der Waals surface area contributed by atoms with Crippen LogP contribution in [-0.4, -0.2) is 40.9 Å². The number of likely N-dealkylation sites (tertiary alicyclic amines) is 1. The molecule has 1 aliphatic rings. The zero-order chi connectivity index (χ0) is 16.3. The number of benzene rings is 1. The zero-order valence-electron chi connectivity index (χ0n) is 12.1. The van der Waals surface area contributed by atoms with Gasteiger partial charge in [0.25, 0.3) is 5.91 Å². The van der Waals surface area contributed by atoms with Crippen molar-refractivity contribution in [1.82, 2.24) is 4.90 Å². The van der Waals surface area contributed by atoms with Crippen LogP contribution in [-0.2, 0) is 9.59 Å². The van der Waals surface area contributed by atoms with Gasteiger partial charge in [-0.15, -0.1) is 0 Å². The molecular weight excluding hydrogens is 291 g/mol. The average molecular weight is 308 g/mol. The van der Waals surface area contributed by atoms with Crippen molar-refractivity contribution in [2.45, 2.75) is 19.8 Å². The number of nitrogens with one attached hydrogen (secondary N) is 1. The number of aliphatic carboxylic acids is 1. The molecule has 0 unspecified atom stereocenters. The van der Waals surface area contributed by atoms with E-state index >= 15 is 0 Å². The Labute approximate surface area is 126 Å². The number of carbonyl (C=O) groups excluding carboxylic acids is 2. The Kier molecular flexibility index (Phi) is 4.75. The van der Waals surface area contributed by atoms with E-state index in [4.69, 9.17) is 5.11 Å². The van der Waals surface area contributed by atoms with Gasteiger partial charge in [0.1, 0.15) is 5.82 Å². The summed E-state index contributed by atoms with van der Waals surface area (Å²) < 4.78 is 13.9. The maximum atomic E-state index is 13.9. The highest BCUT2D eigenvalue weighted by Crippen LogP contribution is 2.22. The van der Waals surface area contributed by atoms with Crippen LogP contribution < -0.4 is 5.32 Å². The van der Waals surface area contributed by atoms with Gasteiger partial charge >= 0.3 is 5.97 Å². The topological polar surface area (TPSA) is 86.7 Å². The molecule has 1 fully saturated rings. The maximum absolute atomic E-state index is 13.9. The predicted molar refractivity (Wildman–Crippen MR) is 77.0 cm³/mol. The van der Waals surface area contributed by atoms with Crippen LogP contribution >= 0.6 is 0 Å². The molecule has 1 saturated heterocycles. The van der Waals surface area contributed by atoms with Gasteiger partial charge in [-0.1, -0.05) is 0 Å². The average Bonchev–Trinajstić information content (AvgIpc) is 2.48. The number of halogens is 1. The number of carboxylic acids is 1. The lowest BCUT2D eigenvalue weighted by Gasteiger charge is -2.30. The Morgan fingerprint density at radius 2 is 1.91 bits per heavy atom. The van der Waals surface area contributed by atoms with Crippen LogP contribution in [0.4, 0.5) is 10.1 Å². The normalized spacial score (nSPS) is 15.5. The third kappa shape index (κ3) is 3.60. The number of piperidine rings is 1. The summed E-state index contributed by atoms with van der Waals surface area (Å²) in [5.74, 6) is -2.80. The van der Waals surface area contributed by atoms with Gasteiger partial charge in [-0.25, -0.2) is 4.39 Å². The molecule has 2 rings (SSSR count). The van der Waals surface area contributed by atoms with Crippen molar-refractivity contribution in [3.63, 3.8) is 0 Å². The van der Waals surface area contributed by atoms with E-state index in [0.29, 0.717) is 18.5 Å². The summed E-state index contributed by atoms with van der Waals surface area (Å²) in [6.07, 6.45) is 0.710. The molecule has 2 amide bonds. The second kappa shape index (κ2) is 6.55. The molecule has 7 heteroatoms. The van der Waals surface area contributed by atoms with E-state index in [1.165, 1.54) is 24.0 Å². The van der Waals surface area contributed by atoms with Gasteiger partial charge in [-0.05, 0) is 31.0 Å². The standard InChI is InChI=1S/C15H17FN2O4/c1-9(19)17-11-2-3-13(16)12(8-11)14(20)18-6-4-10(5-7-18)15(21)22/h2-3,8,10H,4-7H2,1H3,(H,17,19)(H,21,22). The fraction of sp³-hybridized carbons (Fsp3) is 0.400. The summed E-state index contributed by atoms with van der Waals surface area (Å²) >= 11 is 0. The van der Waals surface area contributed by atoms with Crippen molar-refractivity contribution in [2.24, 2.45) is 5.92 Å². The van der Waals surface area contributed by atoms with E-state index in [1.54, 1.807) is 0 Å². The van der Waals surface area contributed by atoms with Crippen LogP contribution in [0.3, 0.4) is 0 Å². The molecule has 0 aromatic heterocycles. The monoisotopic (exact) mass is 308 g/mol. The molecular formula is C15H17FN2O4. The van der Waals surface area contributed by atoms with Crippen molar-refractivity contribution in [2.75, 3.05) is 18.4 Å². The van der Waals surface area contributed by atoms with Crippen LogP contribution in [0.2, 0.25) is 0 Å². The Balaban J connectivity index is 2.12. The molecule has 0 bridgehead atoms. The SMILES string of the molecule is CC(=O)Nc1ccc(F)c(C(=O)N2CCC(C(=O)O)CC2)c1. The molecule has 1 aromatic rings. The van der Waals surface area contributed by atoms with Crippen LogP contribution in [0.15, 0.2) is 18.2 Å².